The molecule has 0 unspecified atom stereocenters. The van der Waals surface area contributed by atoms with Crippen molar-refractivity contribution in [3.05, 3.63) is 35.4 Å². The van der Waals surface area contributed by atoms with Crippen molar-refractivity contribution in [1.82, 2.24) is 10.6 Å². The van der Waals surface area contributed by atoms with Crippen molar-refractivity contribution in [2.75, 3.05) is 6.54 Å². The summed E-state index contributed by atoms with van der Waals surface area (Å²) >= 11 is 0. The van der Waals surface area contributed by atoms with Crippen LogP contribution in [0.2, 0.25) is 0 Å². The lowest BCUT2D eigenvalue weighted by atomic mass is 10.1. The number of aryl methyl sites for hydroxylation is 1. The second-order valence-corrected chi connectivity index (χ2v) is 4.43. The predicted octanol–water partition coefficient (Wildman–Crippen LogP) is 1.64. The molecule has 0 saturated carbocycles. The van der Waals surface area contributed by atoms with Gasteiger partial charge in [0.15, 0.2) is 0 Å². The third-order valence-corrected chi connectivity index (χ3v) is 2.74. The van der Waals surface area contributed by atoms with Gasteiger partial charge in [0.05, 0.1) is 6.54 Å². The zero-order valence-electron chi connectivity index (χ0n) is 11.1. The summed E-state index contributed by atoms with van der Waals surface area (Å²) in [4.78, 5) is 23.2. The first kappa shape index (κ1) is 14.2. The third kappa shape index (κ3) is 4.57. The molecular formula is C14H20N2O2. The number of hydrogen-bond donors (Lipinski definition) is 2. The number of benzene rings is 1. The van der Waals surface area contributed by atoms with Crippen molar-refractivity contribution in [2.45, 2.75) is 33.2 Å². The zero-order chi connectivity index (χ0) is 13.5. The molecule has 2 amide bonds. The molecule has 4 nitrogen and oxygen atoms in total. The van der Waals surface area contributed by atoms with Crippen LogP contribution in [0.4, 0.5) is 0 Å². The summed E-state index contributed by atoms with van der Waals surface area (Å²) in [6, 6.07) is 7.37. The maximum Gasteiger partial charge on any atom is 0.251 e. The molecule has 0 aliphatic heterocycles. The summed E-state index contributed by atoms with van der Waals surface area (Å²) in [6.07, 6.45) is 0.873. The molecular weight excluding hydrogens is 228 g/mol. The monoisotopic (exact) mass is 248 g/mol. The van der Waals surface area contributed by atoms with Crippen LogP contribution >= 0.6 is 0 Å². The largest absolute Gasteiger partial charge is 0.352 e. The Morgan fingerprint density at radius 2 is 1.83 bits per heavy atom. The standard InChI is InChI=1S/C14H20N2O2/c1-4-11(3)16-13(17)9-15-14(18)12-7-5-10(2)6-8-12/h5-8,11H,4,9H2,1-3H3,(H,15,18)(H,16,17)/t11-/m1/s1. The highest BCUT2D eigenvalue weighted by Gasteiger charge is 2.09. The van der Waals surface area contributed by atoms with E-state index in [1.807, 2.05) is 32.9 Å². The number of carbonyl (C=O) groups excluding carboxylic acids is 2. The van der Waals surface area contributed by atoms with Gasteiger partial charge in [0, 0.05) is 11.6 Å². The number of carbonyl (C=O) groups is 2. The van der Waals surface area contributed by atoms with Crippen molar-refractivity contribution in [3.8, 4) is 0 Å². The van der Waals surface area contributed by atoms with Crippen LogP contribution in [0.25, 0.3) is 0 Å². The Morgan fingerprint density at radius 3 is 2.39 bits per heavy atom. The van der Waals surface area contributed by atoms with Gasteiger partial charge in [-0.05, 0) is 32.4 Å². The van der Waals surface area contributed by atoms with Crippen LogP contribution in [-0.4, -0.2) is 24.4 Å². The molecule has 1 aromatic rings. The van der Waals surface area contributed by atoms with Gasteiger partial charge in [0.2, 0.25) is 5.91 Å². The topological polar surface area (TPSA) is 58.2 Å². The molecule has 0 aromatic heterocycles. The van der Waals surface area contributed by atoms with Gasteiger partial charge in [-0.3, -0.25) is 9.59 Å². The Balaban J connectivity index is 2.41. The molecule has 0 fully saturated rings. The average molecular weight is 248 g/mol. The van der Waals surface area contributed by atoms with Crippen molar-refractivity contribution >= 4 is 11.8 Å². The van der Waals surface area contributed by atoms with Crippen LogP contribution in [0.1, 0.15) is 36.2 Å². The molecule has 1 atom stereocenters. The lowest BCUT2D eigenvalue weighted by Crippen LogP contribution is -2.40. The molecule has 2 N–H and O–H groups in total. The molecule has 0 aliphatic carbocycles. The lowest BCUT2D eigenvalue weighted by molar-refractivity contribution is -0.120. The van der Waals surface area contributed by atoms with Crippen molar-refractivity contribution < 1.29 is 9.59 Å². The van der Waals surface area contributed by atoms with E-state index in [4.69, 9.17) is 0 Å². The van der Waals surface area contributed by atoms with E-state index in [0.29, 0.717) is 5.56 Å². The van der Waals surface area contributed by atoms with E-state index < -0.39 is 0 Å². The Hall–Kier alpha value is -1.84. The molecule has 0 bridgehead atoms. The second-order valence-electron chi connectivity index (χ2n) is 4.43. The summed E-state index contributed by atoms with van der Waals surface area (Å²) in [5, 5.41) is 5.39. The van der Waals surface area contributed by atoms with E-state index in [9.17, 15) is 9.59 Å². The van der Waals surface area contributed by atoms with Gasteiger partial charge < -0.3 is 10.6 Å². The Morgan fingerprint density at radius 1 is 1.22 bits per heavy atom. The molecule has 1 rings (SSSR count). The summed E-state index contributed by atoms with van der Waals surface area (Å²) in [5.41, 5.74) is 1.66. The summed E-state index contributed by atoms with van der Waals surface area (Å²) < 4.78 is 0. The van der Waals surface area contributed by atoms with E-state index in [0.717, 1.165) is 12.0 Å². The minimum absolute atomic E-state index is 0.0110. The van der Waals surface area contributed by atoms with Crippen molar-refractivity contribution in [1.29, 1.82) is 0 Å². The normalized spacial score (nSPS) is 11.7. The summed E-state index contributed by atoms with van der Waals surface area (Å²) in [5.74, 6) is -0.390. The molecule has 1 aromatic carbocycles. The van der Waals surface area contributed by atoms with Crippen LogP contribution in [-0.2, 0) is 4.79 Å². The van der Waals surface area contributed by atoms with Crippen molar-refractivity contribution in [3.63, 3.8) is 0 Å². The Bertz CT molecular complexity index is 412. The van der Waals surface area contributed by atoms with E-state index in [1.165, 1.54) is 0 Å². The molecule has 0 heterocycles. The fourth-order valence-electron chi connectivity index (χ4n) is 1.40. The first-order valence-electron chi connectivity index (χ1n) is 6.17. The number of nitrogens with one attached hydrogen (secondary N) is 2. The average Bonchev–Trinajstić information content (AvgIpc) is 2.36. The molecule has 0 aliphatic rings. The van der Waals surface area contributed by atoms with Gasteiger partial charge in [0.25, 0.3) is 5.91 Å². The van der Waals surface area contributed by atoms with Crippen LogP contribution in [0, 0.1) is 6.92 Å². The highest BCUT2D eigenvalue weighted by molar-refractivity contribution is 5.96. The van der Waals surface area contributed by atoms with Crippen molar-refractivity contribution in [2.24, 2.45) is 0 Å². The first-order valence-corrected chi connectivity index (χ1v) is 6.17. The second kappa shape index (κ2) is 6.79. The summed E-state index contributed by atoms with van der Waals surface area (Å²) in [7, 11) is 0. The molecule has 0 spiro atoms. The zero-order valence-corrected chi connectivity index (χ0v) is 11.1. The maximum atomic E-state index is 11.7. The van der Waals surface area contributed by atoms with Gasteiger partial charge in [-0.15, -0.1) is 0 Å². The smallest absolute Gasteiger partial charge is 0.251 e. The highest BCUT2D eigenvalue weighted by Crippen LogP contribution is 2.02. The number of hydrogen-bond acceptors (Lipinski definition) is 2. The molecule has 0 saturated heterocycles. The Labute approximate surface area is 108 Å². The highest BCUT2D eigenvalue weighted by atomic mass is 16.2. The van der Waals surface area contributed by atoms with Crippen LogP contribution in [0.15, 0.2) is 24.3 Å². The minimum Gasteiger partial charge on any atom is -0.352 e. The molecule has 4 heteroatoms. The maximum absolute atomic E-state index is 11.7. The quantitative estimate of drug-likeness (QED) is 0.832. The lowest BCUT2D eigenvalue weighted by Gasteiger charge is -2.11. The van der Waals surface area contributed by atoms with Gasteiger partial charge in [0.1, 0.15) is 0 Å². The number of amides is 2. The fourth-order valence-corrected chi connectivity index (χ4v) is 1.40. The van der Waals surface area contributed by atoms with E-state index in [1.54, 1.807) is 12.1 Å². The first-order chi connectivity index (χ1) is 8.52. The van der Waals surface area contributed by atoms with Crippen LogP contribution in [0.5, 0.6) is 0 Å². The van der Waals surface area contributed by atoms with E-state index >= 15 is 0 Å². The van der Waals surface area contributed by atoms with Gasteiger partial charge in [-0.2, -0.15) is 0 Å². The Kier molecular flexibility index (Phi) is 5.36. The summed E-state index contributed by atoms with van der Waals surface area (Å²) in [6.45, 7) is 5.90. The molecule has 0 radical (unpaired) electrons. The van der Waals surface area contributed by atoms with Gasteiger partial charge in [-0.1, -0.05) is 24.6 Å². The van der Waals surface area contributed by atoms with Crippen LogP contribution < -0.4 is 10.6 Å². The predicted molar refractivity (Wildman–Crippen MR) is 71.4 cm³/mol. The SMILES string of the molecule is CC[C@@H](C)NC(=O)CNC(=O)c1ccc(C)cc1. The minimum atomic E-state index is -0.227. The van der Waals surface area contributed by atoms with E-state index in [2.05, 4.69) is 10.6 Å². The van der Waals surface area contributed by atoms with Gasteiger partial charge in [-0.25, -0.2) is 0 Å². The van der Waals surface area contributed by atoms with Crippen LogP contribution in [0.3, 0.4) is 0 Å². The number of rotatable bonds is 5. The fraction of sp³-hybridized carbons (Fsp3) is 0.429. The van der Waals surface area contributed by atoms with Gasteiger partial charge >= 0.3 is 0 Å². The molecule has 98 valence electrons. The third-order valence-electron chi connectivity index (χ3n) is 2.74. The molecule has 18 heavy (non-hydrogen) atoms. The van der Waals surface area contributed by atoms with E-state index in [-0.39, 0.29) is 24.4 Å².